The van der Waals surface area contributed by atoms with Crippen molar-refractivity contribution in [3.63, 3.8) is 0 Å². The van der Waals surface area contributed by atoms with E-state index < -0.39 is 16.1 Å². The summed E-state index contributed by atoms with van der Waals surface area (Å²) in [5, 5.41) is 22.3. The Morgan fingerprint density at radius 2 is 2.00 bits per heavy atom. The van der Waals surface area contributed by atoms with Crippen molar-refractivity contribution < 1.29 is 19.3 Å². The van der Waals surface area contributed by atoms with Crippen LogP contribution >= 0.6 is 11.8 Å². The van der Waals surface area contributed by atoms with Gasteiger partial charge in [-0.15, -0.1) is 0 Å². The minimum atomic E-state index is -0.559. The Bertz CT molecular complexity index is 1010. The number of fused-ring (bicyclic) bond motifs is 1. The van der Waals surface area contributed by atoms with Crippen LogP contribution in [0, 0.1) is 15.9 Å². The second kappa shape index (κ2) is 8.82. The van der Waals surface area contributed by atoms with Gasteiger partial charge < -0.3 is 4.74 Å². The van der Waals surface area contributed by atoms with Crippen LogP contribution in [0.1, 0.15) is 5.56 Å². The number of benzene rings is 2. The van der Waals surface area contributed by atoms with E-state index in [1.807, 2.05) is 0 Å². The molecule has 0 saturated heterocycles. The predicted octanol–water partition coefficient (Wildman–Crippen LogP) is 3.27. The van der Waals surface area contributed by atoms with E-state index in [1.54, 1.807) is 6.07 Å². The Kier molecular flexibility index (Phi) is 6.65. The zero-order chi connectivity index (χ0) is 19.0. The van der Waals surface area contributed by atoms with Crippen LogP contribution in [-0.4, -0.2) is 83.3 Å². The van der Waals surface area contributed by atoms with Gasteiger partial charge in [0.1, 0.15) is 22.9 Å². The fraction of sp³-hybridized carbons (Fsp3) is 0.0588. The Balaban J connectivity index is 0.00000225. The van der Waals surface area contributed by atoms with Crippen molar-refractivity contribution in [2.24, 2.45) is 9.98 Å². The van der Waals surface area contributed by atoms with Crippen LogP contribution in [0.15, 0.2) is 64.3 Å². The first-order valence-electron chi connectivity index (χ1n) is 7.69. The van der Waals surface area contributed by atoms with Gasteiger partial charge in [0.25, 0.3) is 0 Å². The van der Waals surface area contributed by atoms with E-state index in [1.165, 1.54) is 60.7 Å². The van der Waals surface area contributed by atoms with Gasteiger partial charge in [-0.2, -0.15) is 0 Å². The maximum atomic E-state index is 13.0. The number of rotatable bonds is 4. The second-order valence-electron chi connectivity index (χ2n) is 5.58. The van der Waals surface area contributed by atoms with Crippen LogP contribution in [0.3, 0.4) is 0 Å². The first-order chi connectivity index (χ1) is 13.0. The van der Waals surface area contributed by atoms with Gasteiger partial charge in [0.05, 0.1) is 16.8 Å². The summed E-state index contributed by atoms with van der Waals surface area (Å²) in [7, 11) is 0. The molecule has 2 aliphatic heterocycles. The molecule has 1 atom stereocenters. The van der Waals surface area contributed by atoms with E-state index in [0.29, 0.717) is 16.3 Å². The van der Waals surface area contributed by atoms with E-state index in [9.17, 15) is 19.7 Å². The molecule has 0 radical (unpaired) electrons. The first kappa shape index (κ1) is 21.1. The zero-order valence-corrected chi connectivity index (χ0v) is 14.3. The standard InChI is InChI=1S/C17H11FN4O4S.K.H/c18-11-2-4-12(5-3-11)26-15-6-1-10(7-14(15)22(24)25)16-20-13-8-19-9-21(23)17(13)27-16;;/h1-9,17,23H;;. The number of ether oxygens (including phenoxy) is 1. The van der Waals surface area contributed by atoms with E-state index in [2.05, 4.69) is 9.98 Å². The Hall–Kier alpha value is -1.60. The molecule has 1 unspecified atom stereocenters. The third kappa shape index (κ3) is 4.35. The summed E-state index contributed by atoms with van der Waals surface area (Å²) in [4.78, 5) is 19.1. The molecule has 11 heteroatoms. The molecular formula is C17H12FKN4O4S. The van der Waals surface area contributed by atoms with Crippen molar-refractivity contribution >= 4 is 80.2 Å². The molecule has 0 aliphatic carbocycles. The quantitative estimate of drug-likeness (QED) is 0.458. The number of hydrogen-bond acceptors (Lipinski definition) is 8. The molecule has 2 aliphatic rings. The summed E-state index contributed by atoms with van der Waals surface area (Å²) in [6, 6.07) is 9.63. The summed E-state index contributed by atoms with van der Waals surface area (Å²) in [5.41, 5.74) is 0.817. The van der Waals surface area contributed by atoms with Gasteiger partial charge in [0.2, 0.25) is 5.75 Å². The molecule has 0 saturated carbocycles. The van der Waals surface area contributed by atoms with Crippen molar-refractivity contribution in [3.8, 4) is 11.5 Å². The minimum absolute atomic E-state index is 0. The Morgan fingerprint density at radius 3 is 2.68 bits per heavy atom. The second-order valence-corrected chi connectivity index (χ2v) is 6.65. The summed E-state index contributed by atoms with van der Waals surface area (Å²) in [6.45, 7) is 0. The third-order valence-electron chi connectivity index (χ3n) is 3.78. The van der Waals surface area contributed by atoms with Crippen molar-refractivity contribution in [2.45, 2.75) is 5.37 Å². The SMILES string of the molecule is O=[N+]([O-])c1cc(C2=NC3=CN=CN(O)C3S2)ccc1Oc1ccc(F)cc1.[KH]. The average molecular weight is 426 g/mol. The fourth-order valence-corrected chi connectivity index (χ4v) is 3.56. The van der Waals surface area contributed by atoms with Crippen LogP contribution in [0.25, 0.3) is 0 Å². The van der Waals surface area contributed by atoms with Crippen LogP contribution in [-0.2, 0) is 0 Å². The Morgan fingerprint density at radius 1 is 1.25 bits per heavy atom. The maximum absolute atomic E-state index is 13.0. The molecule has 2 aromatic rings. The monoisotopic (exact) mass is 426 g/mol. The van der Waals surface area contributed by atoms with Crippen molar-refractivity contribution in [1.82, 2.24) is 5.06 Å². The first-order valence-corrected chi connectivity index (χ1v) is 8.57. The topological polar surface area (TPSA) is 101 Å². The molecule has 28 heavy (non-hydrogen) atoms. The number of aliphatic imine (C=N–C) groups is 2. The molecule has 0 bridgehead atoms. The van der Waals surface area contributed by atoms with Gasteiger partial charge in [-0.05, 0) is 36.4 Å². The molecule has 0 aromatic heterocycles. The normalized spacial score (nSPS) is 17.4. The molecule has 2 heterocycles. The summed E-state index contributed by atoms with van der Waals surface area (Å²) in [6.07, 6.45) is 2.79. The van der Waals surface area contributed by atoms with Crippen LogP contribution in [0.4, 0.5) is 10.1 Å². The fourth-order valence-electron chi connectivity index (χ4n) is 2.53. The number of hydroxylamine groups is 2. The average Bonchev–Trinajstić information content (AvgIpc) is 3.09. The molecule has 4 rings (SSSR count). The van der Waals surface area contributed by atoms with Crippen LogP contribution in [0.2, 0.25) is 0 Å². The zero-order valence-electron chi connectivity index (χ0n) is 13.5. The number of nitro groups is 1. The van der Waals surface area contributed by atoms with E-state index in [4.69, 9.17) is 4.74 Å². The van der Waals surface area contributed by atoms with Crippen molar-refractivity contribution in [3.05, 3.63) is 75.9 Å². The molecule has 138 valence electrons. The van der Waals surface area contributed by atoms with E-state index in [0.717, 1.165) is 5.06 Å². The van der Waals surface area contributed by atoms with Gasteiger partial charge >= 0.3 is 57.1 Å². The van der Waals surface area contributed by atoms with Gasteiger partial charge in [-0.3, -0.25) is 15.3 Å². The Labute approximate surface area is 205 Å². The molecule has 2 aromatic carbocycles. The summed E-state index contributed by atoms with van der Waals surface area (Å²) >= 11 is 1.25. The van der Waals surface area contributed by atoms with Gasteiger partial charge in [0.15, 0.2) is 5.37 Å². The molecule has 0 fully saturated rings. The summed E-state index contributed by atoms with van der Waals surface area (Å²) < 4.78 is 18.5. The van der Waals surface area contributed by atoms with Crippen molar-refractivity contribution in [2.75, 3.05) is 0 Å². The predicted molar refractivity (Wildman–Crippen MR) is 105 cm³/mol. The number of hydrogen-bond donors (Lipinski definition) is 1. The van der Waals surface area contributed by atoms with Gasteiger partial charge in [0, 0.05) is 11.6 Å². The molecule has 8 nitrogen and oxygen atoms in total. The third-order valence-corrected chi connectivity index (χ3v) is 5.01. The molecule has 0 amide bonds. The van der Waals surface area contributed by atoms with Gasteiger partial charge in [-0.1, -0.05) is 11.8 Å². The molecule has 1 N–H and O–H groups in total. The number of nitro benzene ring substituents is 1. The van der Waals surface area contributed by atoms with Crippen LogP contribution in [0.5, 0.6) is 11.5 Å². The molecular weight excluding hydrogens is 414 g/mol. The number of thioether (sulfide) groups is 1. The van der Waals surface area contributed by atoms with Crippen LogP contribution < -0.4 is 4.74 Å². The van der Waals surface area contributed by atoms with Gasteiger partial charge in [-0.25, -0.2) is 19.4 Å². The summed E-state index contributed by atoms with van der Waals surface area (Å²) in [5.74, 6) is -0.118. The van der Waals surface area contributed by atoms with Crippen molar-refractivity contribution in [1.29, 1.82) is 0 Å². The van der Waals surface area contributed by atoms with E-state index >= 15 is 0 Å². The number of nitrogens with zero attached hydrogens (tertiary/aromatic N) is 4. The van der Waals surface area contributed by atoms with E-state index in [-0.39, 0.29) is 68.6 Å². The number of halogens is 1. The molecule has 0 spiro atoms.